The quantitative estimate of drug-likeness (QED) is 0.722. The maximum absolute atomic E-state index is 6.01. The molecule has 78 valence electrons. The lowest BCUT2D eigenvalue weighted by atomic mass is 9.98. The molecule has 2 nitrogen and oxygen atoms in total. The molecule has 0 aromatic carbocycles. The van der Waals surface area contributed by atoms with Crippen molar-refractivity contribution in [2.75, 3.05) is 19.6 Å². The lowest BCUT2D eigenvalue weighted by Crippen LogP contribution is -2.41. The third-order valence-corrected chi connectivity index (χ3v) is 3.03. The summed E-state index contributed by atoms with van der Waals surface area (Å²) in [4.78, 5) is 2.53. The van der Waals surface area contributed by atoms with Gasteiger partial charge in [-0.1, -0.05) is 20.3 Å². The highest BCUT2D eigenvalue weighted by atomic mass is 15.1. The van der Waals surface area contributed by atoms with Gasteiger partial charge in [-0.3, -0.25) is 0 Å². The molecular formula is C11H24N2. The molecule has 0 radical (unpaired) electrons. The van der Waals surface area contributed by atoms with E-state index in [0.29, 0.717) is 6.04 Å². The molecule has 0 unspecified atom stereocenters. The molecule has 0 bridgehead atoms. The molecule has 0 aliphatic carbocycles. The van der Waals surface area contributed by atoms with Crippen molar-refractivity contribution in [3.63, 3.8) is 0 Å². The molecule has 0 amide bonds. The first-order valence-electron chi connectivity index (χ1n) is 5.70. The van der Waals surface area contributed by atoms with Gasteiger partial charge in [0.05, 0.1) is 0 Å². The highest BCUT2D eigenvalue weighted by Gasteiger charge is 2.16. The average molecular weight is 184 g/mol. The highest BCUT2D eigenvalue weighted by molar-refractivity contribution is 4.73. The van der Waals surface area contributed by atoms with E-state index < -0.39 is 0 Å². The van der Waals surface area contributed by atoms with Crippen molar-refractivity contribution in [3.05, 3.63) is 0 Å². The van der Waals surface area contributed by atoms with E-state index in [1.165, 1.54) is 38.8 Å². The SMILES string of the molecule is CCC[C@H](N)CN1CCC(C)CC1. The molecule has 1 fully saturated rings. The van der Waals surface area contributed by atoms with Crippen LogP contribution in [0.2, 0.25) is 0 Å². The first-order valence-corrected chi connectivity index (χ1v) is 5.70. The van der Waals surface area contributed by atoms with Crippen LogP contribution in [0, 0.1) is 5.92 Å². The fraction of sp³-hybridized carbons (Fsp3) is 1.00. The van der Waals surface area contributed by atoms with Crippen LogP contribution in [0.4, 0.5) is 0 Å². The summed E-state index contributed by atoms with van der Waals surface area (Å²) in [6.45, 7) is 8.19. The minimum absolute atomic E-state index is 0.401. The molecule has 1 heterocycles. The molecule has 1 aliphatic rings. The van der Waals surface area contributed by atoms with Crippen LogP contribution in [-0.2, 0) is 0 Å². The van der Waals surface area contributed by atoms with Crippen LogP contribution < -0.4 is 5.73 Å². The Balaban J connectivity index is 2.14. The van der Waals surface area contributed by atoms with Gasteiger partial charge < -0.3 is 10.6 Å². The molecule has 2 heteroatoms. The number of likely N-dealkylation sites (tertiary alicyclic amines) is 1. The molecule has 0 aromatic rings. The van der Waals surface area contributed by atoms with Crippen molar-refractivity contribution in [2.24, 2.45) is 11.7 Å². The zero-order chi connectivity index (χ0) is 9.68. The summed E-state index contributed by atoms with van der Waals surface area (Å²) in [5.41, 5.74) is 6.01. The molecule has 1 atom stereocenters. The molecule has 13 heavy (non-hydrogen) atoms. The van der Waals surface area contributed by atoms with Gasteiger partial charge in [0.25, 0.3) is 0 Å². The Morgan fingerprint density at radius 2 is 2.00 bits per heavy atom. The number of nitrogens with zero attached hydrogens (tertiary/aromatic N) is 1. The van der Waals surface area contributed by atoms with Crippen LogP contribution in [0.1, 0.15) is 39.5 Å². The molecular weight excluding hydrogens is 160 g/mol. The summed E-state index contributed by atoms with van der Waals surface area (Å²) in [5.74, 6) is 0.929. The van der Waals surface area contributed by atoms with Crippen molar-refractivity contribution in [1.82, 2.24) is 4.90 Å². The van der Waals surface area contributed by atoms with Crippen LogP contribution in [0.3, 0.4) is 0 Å². The van der Waals surface area contributed by atoms with E-state index in [4.69, 9.17) is 5.73 Å². The van der Waals surface area contributed by atoms with Crippen LogP contribution in [-0.4, -0.2) is 30.6 Å². The maximum Gasteiger partial charge on any atom is 0.0167 e. The topological polar surface area (TPSA) is 29.3 Å². The fourth-order valence-electron chi connectivity index (χ4n) is 2.04. The van der Waals surface area contributed by atoms with E-state index in [1.807, 2.05) is 0 Å². The lowest BCUT2D eigenvalue weighted by molar-refractivity contribution is 0.180. The molecule has 0 spiro atoms. The number of rotatable bonds is 4. The number of piperidine rings is 1. The van der Waals surface area contributed by atoms with Gasteiger partial charge in [0.2, 0.25) is 0 Å². The minimum Gasteiger partial charge on any atom is -0.327 e. The summed E-state index contributed by atoms with van der Waals surface area (Å²) in [6, 6.07) is 0.401. The Labute approximate surface area is 82.5 Å². The minimum atomic E-state index is 0.401. The molecule has 1 saturated heterocycles. The van der Waals surface area contributed by atoms with E-state index in [9.17, 15) is 0 Å². The summed E-state index contributed by atoms with van der Waals surface area (Å²) in [7, 11) is 0. The van der Waals surface area contributed by atoms with E-state index in [0.717, 1.165) is 12.5 Å². The number of nitrogens with two attached hydrogens (primary N) is 1. The van der Waals surface area contributed by atoms with E-state index in [2.05, 4.69) is 18.7 Å². The van der Waals surface area contributed by atoms with E-state index >= 15 is 0 Å². The van der Waals surface area contributed by atoms with Gasteiger partial charge in [-0.25, -0.2) is 0 Å². The second-order valence-electron chi connectivity index (χ2n) is 4.53. The summed E-state index contributed by atoms with van der Waals surface area (Å²) >= 11 is 0. The first-order chi connectivity index (χ1) is 6.22. The van der Waals surface area contributed by atoms with Crippen molar-refractivity contribution in [2.45, 2.75) is 45.6 Å². The number of hydrogen-bond donors (Lipinski definition) is 1. The summed E-state index contributed by atoms with van der Waals surface area (Å²) < 4.78 is 0. The predicted molar refractivity (Wildman–Crippen MR) is 57.7 cm³/mol. The van der Waals surface area contributed by atoms with Crippen molar-refractivity contribution >= 4 is 0 Å². The second kappa shape index (κ2) is 5.61. The maximum atomic E-state index is 6.01. The second-order valence-corrected chi connectivity index (χ2v) is 4.53. The monoisotopic (exact) mass is 184 g/mol. The Kier molecular flexibility index (Phi) is 4.74. The molecule has 1 aliphatic heterocycles. The average Bonchev–Trinajstić information content (AvgIpc) is 2.09. The standard InChI is InChI=1S/C11H24N2/c1-3-4-11(12)9-13-7-5-10(2)6-8-13/h10-11H,3-9,12H2,1-2H3/t11-/m0/s1. The van der Waals surface area contributed by atoms with Crippen molar-refractivity contribution < 1.29 is 0 Å². The Hall–Kier alpha value is -0.0800. The summed E-state index contributed by atoms with van der Waals surface area (Å²) in [6.07, 6.45) is 5.11. The predicted octanol–water partition coefficient (Wildman–Crippen LogP) is 1.85. The molecule has 0 aromatic heterocycles. The Bertz CT molecular complexity index is 128. The summed E-state index contributed by atoms with van der Waals surface area (Å²) in [5, 5.41) is 0. The van der Waals surface area contributed by atoms with Crippen LogP contribution >= 0.6 is 0 Å². The third-order valence-electron chi connectivity index (χ3n) is 3.03. The van der Waals surface area contributed by atoms with E-state index in [-0.39, 0.29) is 0 Å². The smallest absolute Gasteiger partial charge is 0.0167 e. The van der Waals surface area contributed by atoms with Crippen molar-refractivity contribution in [1.29, 1.82) is 0 Å². The highest BCUT2D eigenvalue weighted by Crippen LogP contribution is 2.16. The van der Waals surface area contributed by atoms with Crippen molar-refractivity contribution in [3.8, 4) is 0 Å². The van der Waals surface area contributed by atoms with Gasteiger partial charge in [-0.2, -0.15) is 0 Å². The third kappa shape index (κ3) is 4.10. The van der Waals surface area contributed by atoms with Gasteiger partial charge in [0.1, 0.15) is 0 Å². The van der Waals surface area contributed by atoms with Gasteiger partial charge in [-0.15, -0.1) is 0 Å². The lowest BCUT2D eigenvalue weighted by Gasteiger charge is -2.31. The van der Waals surface area contributed by atoms with Gasteiger partial charge in [0.15, 0.2) is 0 Å². The first kappa shape index (κ1) is 11.0. The Morgan fingerprint density at radius 3 is 2.54 bits per heavy atom. The van der Waals surface area contributed by atoms with Crippen LogP contribution in [0.25, 0.3) is 0 Å². The molecule has 2 N–H and O–H groups in total. The Morgan fingerprint density at radius 1 is 1.38 bits per heavy atom. The molecule has 1 rings (SSSR count). The van der Waals surface area contributed by atoms with Gasteiger partial charge in [-0.05, 0) is 38.3 Å². The van der Waals surface area contributed by atoms with Gasteiger partial charge in [0, 0.05) is 12.6 Å². The number of hydrogen-bond acceptors (Lipinski definition) is 2. The van der Waals surface area contributed by atoms with Crippen LogP contribution in [0.5, 0.6) is 0 Å². The normalized spacial score (nSPS) is 23.3. The molecule has 0 saturated carbocycles. The zero-order valence-corrected chi connectivity index (χ0v) is 9.13. The largest absolute Gasteiger partial charge is 0.327 e. The fourth-order valence-corrected chi connectivity index (χ4v) is 2.04. The van der Waals surface area contributed by atoms with Crippen LogP contribution in [0.15, 0.2) is 0 Å². The zero-order valence-electron chi connectivity index (χ0n) is 9.13. The van der Waals surface area contributed by atoms with E-state index in [1.54, 1.807) is 0 Å². The van der Waals surface area contributed by atoms with Gasteiger partial charge >= 0.3 is 0 Å².